The Labute approximate surface area is 98.9 Å². The number of aliphatic hydroxyl groups is 1. The fraction of sp³-hybridized carbons (Fsp3) is 0.308. The van der Waals surface area contributed by atoms with E-state index in [2.05, 4.69) is 17.1 Å². The van der Waals surface area contributed by atoms with E-state index in [1.54, 1.807) is 0 Å². The summed E-state index contributed by atoms with van der Waals surface area (Å²) in [5, 5.41) is 10.6. The van der Waals surface area contributed by atoms with Gasteiger partial charge in [0.1, 0.15) is 5.15 Å². The Kier molecular flexibility index (Phi) is 2.34. The molecule has 0 bridgehead atoms. The number of pyridine rings is 1. The molecular weight excluding hydrogens is 222 g/mol. The maximum Gasteiger partial charge on any atom is 0.135 e. The largest absolute Gasteiger partial charge is 0.392 e. The van der Waals surface area contributed by atoms with Crippen molar-refractivity contribution in [1.29, 1.82) is 0 Å². The van der Waals surface area contributed by atoms with Gasteiger partial charge in [0.15, 0.2) is 0 Å². The molecule has 0 saturated carbocycles. The van der Waals surface area contributed by atoms with E-state index in [1.165, 1.54) is 17.5 Å². The molecule has 0 spiro atoms. The van der Waals surface area contributed by atoms with Gasteiger partial charge in [0.2, 0.25) is 0 Å². The summed E-state index contributed by atoms with van der Waals surface area (Å²) in [5.74, 6) is 0. The Bertz CT molecular complexity index is 555. The highest BCUT2D eigenvalue weighted by Crippen LogP contribution is 2.28. The van der Waals surface area contributed by atoms with Crippen LogP contribution in [0, 0.1) is 0 Å². The third kappa shape index (κ3) is 1.49. The van der Waals surface area contributed by atoms with E-state index in [-0.39, 0.29) is 6.61 Å². The number of halogens is 1. The fourth-order valence-electron chi connectivity index (χ4n) is 2.38. The Morgan fingerprint density at radius 3 is 2.69 bits per heavy atom. The highest BCUT2D eigenvalue weighted by atomic mass is 35.5. The third-order valence-electron chi connectivity index (χ3n) is 3.22. The number of hydrogen-bond acceptors (Lipinski definition) is 2. The van der Waals surface area contributed by atoms with Gasteiger partial charge in [-0.3, -0.25) is 0 Å². The molecule has 0 radical (unpaired) electrons. The van der Waals surface area contributed by atoms with Crippen molar-refractivity contribution in [3.63, 3.8) is 0 Å². The van der Waals surface area contributed by atoms with E-state index in [1.807, 2.05) is 6.07 Å². The van der Waals surface area contributed by atoms with Crippen LogP contribution in [-0.2, 0) is 19.4 Å². The third-order valence-corrected chi connectivity index (χ3v) is 3.55. The van der Waals surface area contributed by atoms with Crippen LogP contribution in [0.15, 0.2) is 18.2 Å². The molecule has 1 heterocycles. The second-order valence-electron chi connectivity index (χ2n) is 4.26. The van der Waals surface area contributed by atoms with E-state index >= 15 is 0 Å². The van der Waals surface area contributed by atoms with Crippen LogP contribution >= 0.6 is 11.6 Å². The van der Waals surface area contributed by atoms with Gasteiger partial charge in [0, 0.05) is 10.9 Å². The van der Waals surface area contributed by atoms with Crippen molar-refractivity contribution in [2.24, 2.45) is 0 Å². The second kappa shape index (κ2) is 3.72. The Balaban J connectivity index is 2.28. The van der Waals surface area contributed by atoms with E-state index in [9.17, 15) is 0 Å². The van der Waals surface area contributed by atoms with Crippen molar-refractivity contribution in [3.8, 4) is 0 Å². The SMILES string of the molecule is OCc1cc2cc3c(cc2nc1Cl)CCC3. The minimum Gasteiger partial charge on any atom is -0.392 e. The number of nitrogens with zero attached hydrogens (tertiary/aromatic N) is 1. The molecule has 0 aliphatic heterocycles. The maximum atomic E-state index is 9.15. The van der Waals surface area contributed by atoms with Crippen molar-refractivity contribution in [3.05, 3.63) is 40.0 Å². The van der Waals surface area contributed by atoms with Gasteiger partial charge in [-0.15, -0.1) is 0 Å². The number of fused-ring (bicyclic) bond motifs is 2. The van der Waals surface area contributed by atoms with Gasteiger partial charge in [0.25, 0.3) is 0 Å². The number of hydrogen-bond donors (Lipinski definition) is 1. The maximum absolute atomic E-state index is 9.15. The molecule has 0 fully saturated rings. The summed E-state index contributed by atoms with van der Waals surface area (Å²) in [6.07, 6.45) is 3.53. The van der Waals surface area contributed by atoms with Crippen molar-refractivity contribution in [2.75, 3.05) is 0 Å². The lowest BCUT2D eigenvalue weighted by Crippen LogP contribution is -1.92. The molecule has 3 heteroatoms. The number of aromatic nitrogens is 1. The lowest BCUT2D eigenvalue weighted by atomic mass is 10.1. The molecule has 1 aromatic heterocycles. The summed E-state index contributed by atoms with van der Waals surface area (Å²) in [6, 6.07) is 6.24. The monoisotopic (exact) mass is 233 g/mol. The molecule has 0 unspecified atom stereocenters. The minimum atomic E-state index is -0.0567. The number of benzene rings is 1. The molecular formula is C13H12ClNO. The predicted octanol–water partition coefficient (Wildman–Crippen LogP) is 2.87. The van der Waals surface area contributed by atoms with Gasteiger partial charge < -0.3 is 5.11 Å². The molecule has 1 aromatic carbocycles. The molecule has 0 atom stereocenters. The van der Waals surface area contributed by atoms with Crippen LogP contribution in [0.2, 0.25) is 5.15 Å². The second-order valence-corrected chi connectivity index (χ2v) is 4.62. The average molecular weight is 234 g/mol. The summed E-state index contributed by atoms with van der Waals surface area (Å²) < 4.78 is 0. The Morgan fingerprint density at radius 1 is 1.19 bits per heavy atom. The summed E-state index contributed by atoms with van der Waals surface area (Å²) >= 11 is 5.98. The van der Waals surface area contributed by atoms with Crippen LogP contribution in [0.5, 0.6) is 0 Å². The lowest BCUT2D eigenvalue weighted by Gasteiger charge is -2.06. The van der Waals surface area contributed by atoms with Crippen molar-refractivity contribution < 1.29 is 5.11 Å². The van der Waals surface area contributed by atoms with E-state index < -0.39 is 0 Å². The van der Waals surface area contributed by atoms with Crippen LogP contribution in [0.1, 0.15) is 23.1 Å². The first kappa shape index (κ1) is 10.1. The topological polar surface area (TPSA) is 33.1 Å². The molecule has 16 heavy (non-hydrogen) atoms. The Hall–Kier alpha value is -1.12. The Morgan fingerprint density at radius 2 is 1.94 bits per heavy atom. The summed E-state index contributed by atoms with van der Waals surface area (Å²) in [6.45, 7) is -0.0567. The van der Waals surface area contributed by atoms with Crippen LogP contribution < -0.4 is 0 Å². The lowest BCUT2D eigenvalue weighted by molar-refractivity contribution is 0.281. The summed E-state index contributed by atoms with van der Waals surface area (Å²) in [4.78, 5) is 4.33. The highest BCUT2D eigenvalue weighted by Gasteiger charge is 2.13. The number of rotatable bonds is 1. The summed E-state index contributed by atoms with van der Waals surface area (Å²) in [5.41, 5.74) is 4.45. The average Bonchev–Trinajstić information content (AvgIpc) is 2.72. The zero-order valence-corrected chi connectivity index (χ0v) is 9.59. The van der Waals surface area contributed by atoms with Crippen LogP contribution in [0.4, 0.5) is 0 Å². The molecule has 82 valence electrons. The van der Waals surface area contributed by atoms with Crippen LogP contribution in [-0.4, -0.2) is 10.1 Å². The van der Waals surface area contributed by atoms with E-state index in [0.717, 1.165) is 23.7 Å². The number of aryl methyl sites for hydroxylation is 2. The zero-order valence-electron chi connectivity index (χ0n) is 8.83. The molecule has 3 rings (SSSR count). The van der Waals surface area contributed by atoms with Crippen molar-refractivity contribution in [1.82, 2.24) is 4.98 Å². The quantitative estimate of drug-likeness (QED) is 0.769. The first-order chi connectivity index (χ1) is 7.78. The van der Waals surface area contributed by atoms with Gasteiger partial charge in [-0.25, -0.2) is 4.98 Å². The van der Waals surface area contributed by atoms with Gasteiger partial charge >= 0.3 is 0 Å². The molecule has 0 saturated heterocycles. The molecule has 2 nitrogen and oxygen atoms in total. The summed E-state index contributed by atoms with van der Waals surface area (Å²) in [7, 11) is 0. The van der Waals surface area contributed by atoms with Crippen LogP contribution in [0.3, 0.4) is 0 Å². The molecule has 1 aliphatic rings. The van der Waals surface area contributed by atoms with Gasteiger partial charge in [-0.2, -0.15) is 0 Å². The zero-order chi connectivity index (χ0) is 11.1. The normalized spacial score (nSPS) is 14.4. The van der Waals surface area contributed by atoms with Gasteiger partial charge in [-0.1, -0.05) is 11.6 Å². The van der Waals surface area contributed by atoms with Crippen LogP contribution in [0.25, 0.3) is 10.9 Å². The first-order valence-electron chi connectivity index (χ1n) is 5.50. The van der Waals surface area contributed by atoms with E-state index in [0.29, 0.717) is 10.7 Å². The van der Waals surface area contributed by atoms with Crippen molar-refractivity contribution in [2.45, 2.75) is 25.9 Å². The fourth-order valence-corrected chi connectivity index (χ4v) is 2.58. The molecule has 0 amide bonds. The first-order valence-corrected chi connectivity index (χ1v) is 5.87. The molecule has 2 aromatic rings. The molecule has 1 aliphatic carbocycles. The van der Waals surface area contributed by atoms with Crippen molar-refractivity contribution >= 4 is 22.5 Å². The highest BCUT2D eigenvalue weighted by molar-refractivity contribution is 6.30. The minimum absolute atomic E-state index is 0.0567. The van der Waals surface area contributed by atoms with Gasteiger partial charge in [0.05, 0.1) is 12.1 Å². The standard InChI is InChI=1S/C13H12ClNO/c14-13-11(7-16)5-10-4-8-2-1-3-9(8)6-12(10)15-13/h4-6,16H,1-3,7H2. The molecule has 1 N–H and O–H groups in total. The van der Waals surface area contributed by atoms with Gasteiger partial charge in [-0.05, 0) is 48.6 Å². The van der Waals surface area contributed by atoms with E-state index in [4.69, 9.17) is 16.7 Å². The predicted molar refractivity (Wildman–Crippen MR) is 64.7 cm³/mol. The smallest absolute Gasteiger partial charge is 0.135 e. The number of aliphatic hydroxyl groups excluding tert-OH is 1.